The Hall–Kier alpha value is -1.70. The molecule has 0 N–H and O–H groups in total. The highest BCUT2D eigenvalue weighted by Crippen LogP contribution is 2.22. The van der Waals surface area contributed by atoms with Gasteiger partial charge in [-0.25, -0.2) is 4.98 Å². The van der Waals surface area contributed by atoms with Gasteiger partial charge in [0.25, 0.3) is 0 Å². The standard InChI is InChI=1S/C15H16N2OS/c1-2-3-8-18-10-15-17-14(11-19-15)13-6-4-12(9-16)5-7-13/h4-7,11H,2-3,8,10H2,1H3. The molecule has 2 aromatic rings. The maximum absolute atomic E-state index is 8.76. The number of nitriles is 1. The summed E-state index contributed by atoms with van der Waals surface area (Å²) in [5, 5.41) is 11.8. The first-order valence-electron chi connectivity index (χ1n) is 6.36. The van der Waals surface area contributed by atoms with Gasteiger partial charge in [-0.15, -0.1) is 11.3 Å². The second kappa shape index (κ2) is 7.03. The molecule has 0 saturated carbocycles. The molecular formula is C15H16N2OS. The van der Waals surface area contributed by atoms with Crippen molar-refractivity contribution >= 4 is 11.3 Å². The van der Waals surface area contributed by atoms with E-state index in [0.717, 1.165) is 35.7 Å². The molecule has 0 aliphatic carbocycles. The van der Waals surface area contributed by atoms with Crippen LogP contribution in [0.15, 0.2) is 29.6 Å². The molecule has 0 amide bonds. The van der Waals surface area contributed by atoms with Crippen molar-refractivity contribution < 1.29 is 4.74 Å². The van der Waals surface area contributed by atoms with Crippen molar-refractivity contribution in [2.24, 2.45) is 0 Å². The van der Waals surface area contributed by atoms with Crippen LogP contribution in [0.25, 0.3) is 11.3 Å². The maximum Gasteiger partial charge on any atom is 0.119 e. The first-order chi connectivity index (χ1) is 9.33. The molecule has 19 heavy (non-hydrogen) atoms. The molecule has 0 atom stereocenters. The summed E-state index contributed by atoms with van der Waals surface area (Å²) in [5.41, 5.74) is 2.65. The Bertz CT molecular complexity index is 554. The summed E-state index contributed by atoms with van der Waals surface area (Å²) in [6.45, 7) is 3.53. The van der Waals surface area contributed by atoms with Crippen LogP contribution in [0.1, 0.15) is 30.3 Å². The summed E-state index contributed by atoms with van der Waals surface area (Å²) in [5.74, 6) is 0. The number of benzene rings is 1. The molecule has 1 heterocycles. The van der Waals surface area contributed by atoms with E-state index in [1.54, 1.807) is 11.3 Å². The Morgan fingerprint density at radius 2 is 2.11 bits per heavy atom. The molecule has 1 aromatic carbocycles. The van der Waals surface area contributed by atoms with E-state index in [1.807, 2.05) is 29.6 Å². The quantitative estimate of drug-likeness (QED) is 0.747. The van der Waals surface area contributed by atoms with E-state index >= 15 is 0 Å². The highest BCUT2D eigenvalue weighted by Gasteiger charge is 2.04. The summed E-state index contributed by atoms with van der Waals surface area (Å²) >= 11 is 1.61. The minimum absolute atomic E-state index is 0.584. The van der Waals surface area contributed by atoms with Crippen LogP contribution in [0.2, 0.25) is 0 Å². The zero-order valence-electron chi connectivity index (χ0n) is 10.9. The summed E-state index contributed by atoms with van der Waals surface area (Å²) in [6.07, 6.45) is 2.24. The third kappa shape index (κ3) is 3.88. The number of hydrogen-bond acceptors (Lipinski definition) is 4. The largest absolute Gasteiger partial charge is 0.374 e. The maximum atomic E-state index is 8.76. The lowest BCUT2D eigenvalue weighted by Gasteiger charge is -1.99. The van der Waals surface area contributed by atoms with Gasteiger partial charge in [-0.05, 0) is 18.6 Å². The number of nitrogens with zero attached hydrogens (tertiary/aromatic N) is 2. The summed E-state index contributed by atoms with van der Waals surface area (Å²) in [6, 6.07) is 9.59. The molecule has 3 nitrogen and oxygen atoms in total. The van der Waals surface area contributed by atoms with Gasteiger partial charge in [0.1, 0.15) is 5.01 Å². The Morgan fingerprint density at radius 3 is 2.79 bits per heavy atom. The predicted octanol–water partition coefficient (Wildman–Crippen LogP) is 4.00. The number of hydrogen-bond donors (Lipinski definition) is 0. The van der Waals surface area contributed by atoms with Crippen molar-refractivity contribution in [2.75, 3.05) is 6.61 Å². The lowest BCUT2D eigenvalue weighted by Crippen LogP contribution is -1.94. The number of rotatable bonds is 6. The van der Waals surface area contributed by atoms with Crippen LogP contribution in [0, 0.1) is 11.3 Å². The minimum Gasteiger partial charge on any atom is -0.374 e. The number of aromatic nitrogens is 1. The normalized spacial score (nSPS) is 10.3. The van der Waals surface area contributed by atoms with Gasteiger partial charge in [0.2, 0.25) is 0 Å². The van der Waals surface area contributed by atoms with Crippen molar-refractivity contribution in [1.82, 2.24) is 4.98 Å². The number of unbranched alkanes of at least 4 members (excludes halogenated alkanes) is 1. The van der Waals surface area contributed by atoms with Gasteiger partial charge in [-0.2, -0.15) is 5.26 Å². The van der Waals surface area contributed by atoms with Crippen molar-refractivity contribution in [3.8, 4) is 17.3 Å². The predicted molar refractivity (Wildman–Crippen MR) is 76.8 cm³/mol. The Balaban J connectivity index is 1.98. The van der Waals surface area contributed by atoms with Crippen LogP contribution in [0.4, 0.5) is 0 Å². The highest BCUT2D eigenvalue weighted by molar-refractivity contribution is 7.09. The van der Waals surface area contributed by atoms with E-state index < -0.39 is 0 Å². The van der Waals surface area contributed by atoms with Gasteiger partial charge in [0.15, 0.2) is 0 Å². The topological polar surface area (TPSA) is 45.9 Å². The van der Waals surface area contributed by atoms with Crippen LogP contribution < -0.4 is 0 Å². The van der Waals surface area contributed by atoms with E-state index in [0.29, 0.717) is 12.2 Å². The van der Waals surface area contributed by atoms with E-state index in [1.165, 1.54) is 0 Å². The molecule has 0 fully saturated rings. The van der Waals surface area contributed by atoms with Gasteiger partial charge in [0.05, 0.1) is 23.9 Å². The van der Waals surface area contributed by atoms with Crippen LogP contribution in [0.5, 0.6) is 0 Å². The lowest BCUT2D eigenvalue weighted by atomic mass is 10.1. The number of ether oxygens (including phenoxy) is 1. The second-order valence-electron chi connectivity index (χ2n) is 4.22. The molecule has 98 valence electrons. The molecular weight excluding hydrogens is 256 g/mol. The first kappa shape index (κ1) is 13.7. The fourth-order valence-electron chi connectivity index (χ4n) is 1.63. The summed E-state index contributed by atoms with van der Waals surface area (Å²) in [7, 11) is 0. The third-order valence-corrected chi connectivity index (χ3v) is 3.55. The van der Waals surface area contributed by atoms with E-state index in [9.17, 15) is 0 Å². The Morgan fingerprint density at radius 1 is 1.32 bits per heavy atom. The smallest absolute Gasteiger partial charge is 0.119 e. The molecule has 0 saturated heterocycles. The molecule has 0 spiro atoms. The Labute approximate surface area is 117 Å². The van der Waals surface area contributed by atoms with E-state index in [4.69, 9.17) is 10.00 Å². The van der Waals surface area contributed by atoms with E-state index in [2.05, 4.69) is 18.0 Å². The fraction of sp³-hybridized carbons (Fsp3) is 0.333. The SMILES string of the molecule is CCCCOCc1nc(-c2ccc(C#N)cc2)cs1. The van der Waals surface area contributed by atoms with Crippen LogP contribution in [-0.4, -0.2) is 11.6 Å². The minimum atomic E-state index is 0.584. The molecule has 0 radical (unpaired) electrons. The summed E-state index contributed by atoms with van der Waals surface area (Å²) < 4.78 is 5.55. The first-order valence-corrected chi connectivity index (χ1v) is 7.24. The van der Waals surface area contributed by atoms with Crippen molar-refractivity contribution in [2.45, 2.75) is 26.4 Å². The average molecular weight is 272 g/mol. The van der Waals surface area contributed by atoms with Gasteiger partial charge in [0, 0.05) is 17.6 Å². The van der Waals surface area contributed by atoms with Crippen LogP contribution in [0.3, 0.4) is 0 Å². The second-order valence-corrected chi connectivity index (χ2v) is 5.16. The lowest BCUT2D eigenvalue weighted by molar-refractivity contribution is 0.118. The number of thiazole rings is 1. The van der Waals surface area contributed by atoms with Crippen LogP contribution in [-0.2, 0) is 11.3 Å². The van der Waals surface area contributed by atoms with Gasteiger partial charge in [-0.1, -0.05) is 25.5 Å². The monoisotopic (exact) mass is 272 g/mol. The molecule has 0 bridgehead atoms. The zero-order chi connectivity index (χ0) is 13.5. The van der Waals surface area contributed by atoms with Gasteiger partial charge < -0.3 is 4.74 Å². The average Bonchev–Trinajstić information content (AvgIpc) is 2.92. The van der Waals surface area contributed by atoms with E-state index in [-0.39, 0.29) is 0 Å². The Kier molecular flexibility index (Phi) is 5.08. The molecule has 1 aromatic heterocycles. The molecule has 4 heteroatoms. The highest BCUT2D eigenvalue weighted by atomic mass is 32.1. The third-order valence-electron chi connectivity index (χ3n) is 2.73. The van der Waals surface area contributed by atoms with Crippen molar-refractivity contribution in [3.63, 3.8) is 0 Å². The fourth-order valence-corrected chi connectivity index (χ4v) is 2.37. The molecule has 2 rings (SSSR count). The van der Waals surface area contributed by atoms with Gasteiger partial charge in [-0.3, -0.25) is 0 Å². The molecule has 0 unspecified atom stereocenters. The van der Waals surface area contributed by atoms with Crippen molar-refractivity contribution in [1.29, 1.82) is 5.26 Å². The van der Waals surface area contributed by atoms with Gasteiger partial charge >= 0.3 is 0 Å². The molecule has 0 aliphatic rings. The summed E-state index contributed by atoms with van der Waals surface area (Å²) in [4.78, 5) is 4.54. The van der Waals surface area contributed by atoms with Crippen molar-refractivity contribution in [3.05, 3.63) is 40.2 Å². The van der Waals surface area contributed by atoms with Crippen LogP contribution >= 0.6 is 11.3 Å². The molecule has 0 aliphatic heterocycles. The zero-order valence-corrected chi connectivity index (χ0v) is 11.7.